The van der Waals surface area contributed by atoms with Gasteiger partial charge < -0.3 is 10.2 Å². The smallest absolute Gasteiger partial charge is 0.0412 e. The molecule has 1 aliphatic heterocycles. The van der Waals surface area contributed by atoms with Gasteiger partial charge in [-0.05, 0) is 44.9 Å². The minimum atomic E-state index is 0.184. The summed E-state index contributed by atoms with van der Waals surface area (Å²) in [5, 5.41) is 3.63. The molecule has 0 amide bonds. The summed E-state index contributed by atoms with van der Waals surface area (Å²) < 4.78 is 1.20. The summed E-state index contributed by atoms with van der Waals surface area (Å²) in [7, 11) is 0. The molecule has 1 atom stereocenters. The third kappa shape index (κ3) is 2.89. The van der Waals surface area contributed by atoms with Crippen LogP contribution in [-0.4, -0.2) is 24.7 Å². The van der Waals surface area contributed by atoms with Crippen LogP contribution < -0.4 is 10.2 Å². The normalized spacial score (nSPS) is 23.2. The molecule has 1 aromatic rings. The maximum Gasteiger partial charge on any atom is 0.0412 e. The van der Waals surface area contributed by atoms with E-state index in [0.717, 1.165) is 13.1 Å². The monoisotopic (exact) mass is 310 g/mol. The number of hydrogen-bond donors (Lipinski definition) is 1. The maximum absolute atomic E-state index is 3.64. The first-order chi connectivity index (χ1) is 8.43. The van der Waals surface area contributed by atoms with Gasteiger partial charge in [0.2, 0.25) is 0 Å². The zero-order chi connectivity index (χ0) is 13.3. The van der Waals surface area contributed by atoms with E-state index < -0.39 is 0 Å². The third-order valence-electron chi connectivity index (χ3n) is 3.78. The lowest BCUT2D eigenvalue weighted by atomic mass is 9.96. The number of halogens is 1. The zero-order valence-electron chi connectivity index (χ0n) is 11.8. The molecular formula is C15H23BrN2. The number of anilines is 1. The Morgan fingerprint density at radius 3 is 2.78 bits per heavy atom. The van der Waals surface area contributed by atoms with Gasteiger partial charge in [0.05, 0.1) is 0 Å². The SMILES string of the molecule is CCC1CNC(C)(C)CN1c1ccc(C)c(Br)c1. The highest BCUT2D eigenvalue weighted by Crippen LogP contribution is 2.28. The topological polar surface area (TPSA) is 15.3 Å². The van der Waals surface area contributed by atoms with E-state index in [0.29, 0.717) is 6.04 Å². The summed E-state index contributed by atoms with van der Waals surface area (Å²) in [5.74, 6) is 0. The number of hydrogen-bond acceptors (Lipinski definition) is 2. The Labute approximate surface area is 119 Å². The lowest BCUT2D eigenvalue weighted by molar-refractivity contribution is 0.306. The molecule has 1 fully saturated rings. The number of piperazine rings is 1. The average molecular weight is 311 g/mol. The molecule has 2 rings (SSSR count). The minimum Gasteiger partial charge on any atom is -0.365 e. The molecule has 0 saturated carbocycles. The molecule has 1 unspecified atom stereocenters. The highest BCUT2D eigenvalue weighted by Gasteiger charge is 2.31. The van der Waals surface area contributed by atoms with Crippen LogP contribution >= 0.6 is 15.9 Å². The molecule has 1 N–H and O–H groups in total. The summed E-state index contributed by atoms with van der Waals surface area (Å²) in [4.78, 5) is 2.54. The van der Waals surface area contributed by atoms with Crippen molar-refractivity contribution in [2.24, 2.45) is 0 Å². The molecule has 1 heterocycles. The molecule has 3 heteroatoms. The van der Waals surface area contributed by atoms with Gasteiger partial charge in [0.1, 0.15) is 0 Å². The van der Waals surface area contributed by atoms with Gasteiger partial charge in [0.25, 0.3) is 0 Å². The van der Waals surface area contributed by atoms with Gasteiger partial charge >= 0.3 is 0 Å². The van der Waals surface area contributed by atoms with Crippen LogP contribution in [-0.2, 0) is 0 Å². The molecule has 2 nitrogen and oxygen atoms in total. The summed E-state index contributed by atoms with van der Waals surface area (Å²) >= 11 is 3.64. The number of benzene rings is 1. The maximum atomic E-state index is 3.64. The van der Waals surface area contributed by atoms with E-state index in [1.54, 1.807) is 0 Å². The van der Waals surface area contributed by atoms with Gasteiger partial charge in [-0.3, -0.25) is 0 Å². The first-order valence-electron chi connectivity index (χ1n) is 6.71. The Morgan fingerprint density at radius 1 is 1.44 bits per heavy atom. The van der Waals surface area contributed by atoms with Crippen LogP contribution in [0.2, 0.25) is 0 Å². The predicted octanol–water partition coefficient (Wildman–Crippen LogP) is 3.72. The van der Waals surface area contributed by atoms with E-state index in [1.807, 2.05) is 0 Å². The van der Waals surface area contributed by atoms with Gasteiger partial charge in [-0.15, -0.1) is 0 Å². The minimum absolute atomic E-state index is 0.184. The van der Waals surface area contributed by atoms with Gasteiger partial charge in [-0.2, -0.15) is 0 Å². The van der Waals surface area contributed by atoms with Crippen molar-refractivity contribution in [3.8, 4) is 0 Å². The fourth-order valence-corrected chi connectivity index (χ4v) is 2.91. The lowest BCUT2D eigenvalue weighted by Crippen LogP contribution is -2.61. The molecule has 0 bridgehead atoms. The van der Waals surface area contributed by atoms with E-state index in [1.165, 1.54) is 22.1 Å². The summed E-state index contributed by atoms with van der Waals surface area (Å²) in [6, 6.07) is 7.28. The van der Waals surface area contributed by atoms with Crippen molar-refractivity contribution in [1.29, 1.82) is 0 Å². The molecule has 100 valence electrons. The highest BCUT2D eigenvalue weighted by molar-refractivity contribution is 9.10. The van der Waals surface area contributed by atoms with Crippen molar-refractivity contribution < 1.29 is 0 Å². The quantitative estimate of drug-likeness (QED) is 0.895. The van der Waals surface area contributed by atoms with Crippen LogP contribution in [0.3, 0.4) is 0 Å². The van der Waals surface area contributed by atoms with Crippen LogP contribution in [0.5, 0.6) is 0 Å². The number of nitrogens with one attached hydrogen (secondary N) is 1. The molecule has 0 spiro atoms. The van der Waals surface area contributed by atoms with Crippen LogP contribution in [0.25, 0.3) is 0 Å². The van der Waals surface area contributed by atoms with E-state index in [2.05, 4.69) is 72.0 Å². The summed E-state index contributed by atoms with van der Waals surface area (Å²) in [5.41, 5.74) is 2.80. The van der Waals surface area contributed by atoms with Crippen LogP contribution in [0, 0.1) is 6.92 Å². The van der Waals surface area contributed by atoms with Crippen molar-refractivity contribution in [1.82, 2.24) is 5.32 Å². The van der Waals surface area contributed by atoms with Crippen molar-refractivity contribution in [3.63, 3.8) is 0 Å². The molecule has 0 aliphatic carbocycles. The van der Waals surface area contributed by atoms with E-state index in [4.69, 9.17) is 0 Å². The Bertz CT molecular complexity index is 429. The number of aryl methyl sites for hydroxylation is 1. The first-order valence-corrected chi connectivity index (χ1v) is 7.50. The molecule has 1 saturated heterocycles. The Hall–Kier alpha value is -0.540. The molecule has 0 radical (unpaired) electrons. The van der Waals surface area contributed by atoms with Gasteiger partial charge in [-0.25, -0.2) is 0 Å². The zero-order valence-corrected chi connectivity index (χ0v) is 13.3. The fourth-order valence-electron chi connectivity index (χ4n) is 2.54. The van der Waals surface area contributed by atoms with Crippen molar-refractivity contribution in [2.75, 3.05) is 18.0 Å². The molecular weight excluding hydrogens is 288 g/mol. The molecule has 0 aromatic heterocycles. The van der Waals surface area contributed by atoms with Crippen molar-refractivity contribution in [3.05, 3.63) is 28.2 Å². The second kappa shape index (κ2) is 5.22. The van der Waals surface area contributed by atoms with E-state index in [9.17, 15) is 0 Å². The highest BCUT2D eigenvalue weighted by atomic mass is 79.9. The number of rotatable bonds is 2. The number of nitrogens with zero attached hydrogens (tertiary/aromatic N) is 1. The third-order valence-corrected chi connectivity index (χ3v) is 4.64. The van der Waals surface area contributed by atoms with E-state index in [-0.39, 0.29) is 5.54 Å². The Balaban J connectivity index is 2.29. The van der Waals surface area contributed by atoms with Gasteiger partial charge in [0, 0.05) is 34.8 Å². The second-order valence-corrected chi connectivity index (χ2v) is 6.74. The van der Waals surface area contributed by atoms with Gasteiger partial charge in [-0.1, -0.05) is 28.9 Å². The van der Waals surface area contributed by atoms with E-state index >= 15 is 0 Å². The lowest BCUT2D eigenvalue weighted by Gasteiger charge is -2.46. The molecule has 1 aromatic carbocycles. The standard InChI is InChI=1S/C15H23BrN2/c1-5-12-9-17-15(3,4)10-18(12)13-7-6-11(2)14(16)8-13/h6-8,12,17H,5,9-10H2,1-4H3. The van der Waals surface area contributed by atoms with Crippen LogP contribution in [0.1, 0.15) is 32.8 Å². The molecule has 1 aliphatic rings. The fraction of sp³-hybridized carbons (Fsp3) is 0.600. The summed E-state index contributed by atoms with van der Waals surface area (Å²) in [6.45, 7) is 11.1. The first kappa shape index (κ1) is 13.9. The second-order valence-electron chi connectivity index (χ2n) is 5.89. The Morgan fingerprint density at radius 2 is 2.17 bits per heavy atom. The average Bonchev–Trinajstić information content (AvgIpc) is 2.32. The van der Waals surface area contributed by atoms with Crippen LogP contribution in [0.4, 0.5) is 5.69 Å². The van der Waals surface area contributed by atoms with Crippen LogP contribution in [0.15, 0.2) is 22.7 Å². The van der Waals surface area contributed by atoms with Gasteiger partial charge in [0.15, 0.2) is 0 Å². The Kier molecular flexibility index (Phi) is 4.02. The largest absolute Gasteiger partial charge is 0.365 e. The molecule has 18 heavy (non-hydrogen) atoms. The van der Waals surface area contributed by atoms with Crippen molar-refractivity contribution in [2.45, 2.75) is 45.7 Å². The summed E-state index contributed by atoms with van der Waals surface area (Å²) in [6.07, 6.45) is 1.18. The predicted molar refractivity (Wildman–Crippen MR) is 82.4 cm³/mol. The van der Waals surface area contributed by atoms with Crippen molar-refractivity contribution >= 4 is 21.6 Å².